The topological polar surface area (TPSA) is 58.4 Å². The quantitative estimate of drug-likeness (QED) is 0.166. The molecule has 3 heterocycles. The molecule has 1 aliphatic heterocycles. The van der Waals surface area contributed by atoms with Gasteiger partial charge < -0.3 is 14.4 Å². The average Bonchev–Trinajstić information content (AvgIpc) is 3.59. The predicted octanol–water partition coefficient (Wildman–Crippen LogP) is 9.53. The molecular formula is C41H41N4O2PtS-3. The Balaban J connectivity index is 0.00000464. The molecule has 0 bridgehead atoms. The molecule has 6 nitrogen and oxygen atoms in total. The van der Waals surface area contributed by atoms with E-state index in [1.54, 1.807) is 23.2 Å². The van der Waals surface area contributed by atoms with Gasteiger partial charge in [0.05, 0.1) is 0 Å². The number of benzene rings is 4. The van der Waals surface area contributed by atoms with E-state index in [1.807, 2.05) is 99.8 Å². The molecule has 0 amide bonds. The Morgan fingerprint density at radius 2 is 1.47 bits per heavy atom. The Labute approximate surface area is 309 Å². The van der Waals surface area contributed by atoms with Crippen LogP contribution in [0, 0.1) is 32.6 Å². The third-order valence-corrected chi connectivity index (χ3v) is 10.9. The zero-order valence-corrected chi connectivity index (χ0v) is 32.0. The first-order valence-corrected chi connectivity index (χ1v) is 17.5. The van der Waals surface area contributed by atoms with Gasteiger partial charge in [-0.15, -0.1) is 40.9 Å². The van der Waals surface area contributed by atoms with Crippen molar-refractivity contribution in [1.29, 1.82) is 0 Å². The minimum atomic E-state index is -4.18. The molecular weight excluding hydrogens is 808 g/mol. The first-order valence-electron chi connectivity index (χ1n) is 17.6. The van der Waals surface area contributed by atoms with Gasteiger partial charge in [0, 0.05) is 48.3 Å². The summed E-state index contributed by atoms with van der Waals surface area (Å²) in [5.74, 6) is 0.676. The van der Waals surface area contributed by atoms with Gasteiger partial charge in [-0.3, -0.25) is 0 Å². The second-order valence-corrected chi connectivity index (χ2v) is 16.6. The number of nitrogens with zero attached hydrogens (tertiary/aromatic N) is 4. The van der Waals surface area contributed by atoms with Gasteiger partial charge in [-0.2, -0.15) is 18.8 Å². The van der Waals surface area contributed by atoms with Gasteiger partial charge in [0.15, 0.2) is 9.84 Å². The van der Waals surface area contributed by atoms with E-state index < -0.39 is 22.2 Å². The van der Waals surface area contributed by atoms with Crippen LogP contribution in [0.4, 0.5) is 17.1 Å². The summed E-state index contributed by atoms with van der Waals surface area (Å²) < 4.78 is 56.2. The van der Waals surface area contributed by atoms with Crippen LogP contribution in [0.25, 0.3) is 27.6 Å². The second-order valence-electron chi connectivity index (χ2n) is 14.7. The fourth-order valence-electron chi connectivity index (χ4n) is 6.23. The fraction of sp³-hybridized carbons (Fsp3) is 0.268. The summed E-state index contributed by atoms with van der Waals surface area (Å²) in [7, 11) is -4.18. The van der Waals surface area contributed by atoms with E-state index in [0.29, 0.717) is 28.4 Å². The van der Waals surface area contributed by atoms with Crippen molar-refractivity contribution in [2.75, 3.05) is 16.8 Å². The van der Waals surface area contributed by atoms with E-state index in [1.165, 1.54) is 11.6 Å². The second kappa shape index (κ2) is 12.1. The molecule has 0 radical (unpaired) electrons. The van der Waals surface area contributed by atoms with E-state index in [0.717, 1.165) is 38.5 Å². The Morgan fingerprint density at radius 3 is 2.16 bits per heavy atom. The van der Waals surface area contributed by atoms with E-state index in [-0.39, 0.29) is 36.3 Å². The van der Waals surface area contributed by atoms with E-state index >= 15 is 0 Å². The number of anilines is 3. The van der Waals surface area contributed by atoms with Crippen LogP contribution in [-0.4, -0.2) is 24.9 Å². The van der Waals surface area contributed by atoms with E-state index in [4.69, 9.17) is 9.10 Å². The molecule has 1 aliphatic rings. The van der Waals surface area contributed by atoms with E-state index in [9.17, 15) is 8.42 Å². The van der Waals surface area contributed by atoms with Crippen molar-refractivity contribution < 1.29 is 33.6 Å². The van der Waals surface area contributed by atoms with Crippen molar-refractivity contribution >= 4 is 48.7 Å². The number of rotatable bonds is 4. The minimum absolute atomic E-state index is 0. The molecule has 2 aromatic heterocycles. The Kier molecular flexibility index (Phi) is 7.70. The van der Waals surface area contributed by atoms with Gasteiger partial charge in [0.25, 0.3) is 0 Å². The van der Waals surface area contributed by atoms with Gasteiger partial charge in [-0.05, 0) is 93.9 Å². The van der Waals surface area contributed by atoms with Crippen LogP contribution in [0.5, 0.6) is 0 Å². The van der Waals surface area contributed by atoms with Crippen molar-refractivity contribution in [3.63, 3.8) is 0 Å². The average molecular weight is 852 g/mol. The summed E-state index contributed by atoms with van der Waals surface area (Å²) in [5.41, 5.74) is 6.34. The maximum absolute atomic E-state index is 14.7. The molecule has 0 atom stereocenters. The normalized spacial score (nSPS) is 14.8. The number of aryl methyl sites for hydroxylation is 2. The van der Waals surface area contributed by atoms with Crippen LogP contribution in [-0.2, 0) is 41.7 Å². The summed E-state index contributed by atoms with van der Waals surface area (Å²) in [6.07, 6.45) is 1.79. The monoisotopic (exact) mass is 851 g/mol. The van der Waals surface area contributed by atoms with E-state index in [2.05, 4.69) is 32.9 Å². The number of pyridine rings is 1. The molecule has 4 aromatic carbocycles. The van der Waals surface area contributed by atoms with Crippen LogP contribution in [0.2, 0.25) is 0 Å². The number of fused-ring (bicyclic) bond motifs is 4. The summed E-state index contributed by atoms with van der Waals surface area (Å²) in [5, 5.41) is 1.83. The molecule has 256 valence electrons. The molecule has 49 heavy (non-hydrogen) atoms. The van der Waals surface area contributed by atoms with Gasteiger partial charge in [-0.25, -0.2) is 13.4 Å². The fourth-order valence-corrected chi connectivity index (χ4v) is 7.47. The maximum Gasteiger partial charge on any atom is 0.160 e. The molecule has 8 heteroatoms. The largest absolute Gasteiger partial charge is 0.504 e. The molecule has 7 rings (SSSR count). The summed E-state index contributed by atoms with van der Waals surface area (Å²) in [4.78, 5) is 7.68. The molecule has 0 aliphatic carbocycles. The zero-order chi connectivity index (χ0) is 36.8. The van der Waals surface area contributed by atoms with Crippen molar-refractivity contribution in [3.05, 3.63) is 120 Å². The Hall–Kier alpha value is -3.93. The van der Waals surface area contributed by atoms with Crippen molar-refractivity contribution in [3.8, 4) is 5.82 Å². The SMILES string of the molecule is [2H]C([2H])([2H])N1[CH-]N(c2[c-]c(S(=O)(=O)c3[c-]c4c(cc3)c3ccccc3n4-c3cc(C(C)(C)C)ccn3)cc(C(C)(C)C)c2)c2cc(C)c(C)cc21.[Pt]. The number of para-hydroxylation sites is 1. The summed E-state index contributed by atoms with van der Waals surface area (Å²) >= 11 is 0. The van der Waals surface area contributed by atoms with Crippen LogP contribution in [0.15, 0.2) is 88.8 Å². The van der Waals surface area contributed by atoms with Gasteiger partial charge in [0.1, 0.15) is 5.82 Å². The van der Waals surface area contributed by atoms with Gasteiger partial charge in [-0.1, -0.05) is 65.3 Å². The number of hydrogen-bond acceptors (Lipinski definition) is 5. The molecule has 0 saturated carbocycles. The van der Waals surface area contributed by atoms with Crippen LogP contribution >= 0.6 is 0 Å². The third-order valence-electron chi connectivity index (χ3n) is 9.27. The van der Waals surface area contributed by atoms with Gasteiger partial charge >= 0.3 is 0 Å². The number of aromatic nitrogens is 2. The van der Waals surface area contributed by atoms with Crippen LogP contribution in [0.3, 0.4) is 0 Å². The number of hydrogen-bond donors (Lipinski definition) is 0. The minimum Gasteiger partial charge on any atom is -0.504 e. The third kappa shape index (κ3) is 5.99. The van der Waals surface area contributed by atoms with Crippen molar-refractivity contribution in [2.45, 2.75) is 76.0 Å². The van der Waals surface area contributed by atoms with Crippen LogP contribution in [0.1, 0.15) is 67.9 Å². The zero-order valence-electron chi connectivity index (χ0n) is 31.9. The molecule has 0 fully saturated rings. The summed E-state index contributed by atoms with van der Waals surface area (Å²) in [6.45, 7) is 15.5. The van der Waals surface area contributed by atoms with Gasteiger partial charge in [0.2, 0.25) is 0 Å². The summed E-state index contributed by atoms with van der Waals surface area (Å²) in [6, 6.07) is 29.3. The van der Waals surface area contributed by atoms with Crippen molar-refractivity contribution in [2.24, 2.45) is 0 Å². The maximum atomic E-state index is 14.7. The predicted molar refractivity (Wildman–Crippen MR) is 196 cm³/mol. The molecule has 0 saturated heterocycles. The number of sulfone groups is 1. The Morgan fingerprint density at radius 1 is 0.776 bits per heavy atom. The van der Waals surface area contributed by atoms with Crippen LogP contribution < -0.4 is 9.80 Å². The smallest absolute Gasteiger partial charge is 0.160 e. The molecule has 0 spiro atoms. The van der Waals surface area contributed by atoms with Crippen molar-refractivity contribution in [1.82, 2.24) is 9.55 Å². The standard InChI is InChI=1S/C41H41N4O2S.Pt/c1-26-18-37-38(19-27(26)2)44(25-43(37)9)30-20-29(41(6,7)8)21-32(23-30)48(46,47)31-14-15-34-33-12-10-11-13-35(33)45(36(34)24-31)39-22-28(16-17-42-39)40(3,4)5;/h10-22,25H,1-9H3;/q-3;/i9D3;. The molecule has 0 N–H and O–H groups in total. The molecule has 6 aromatic rings. The molecule has 0 unspecified atom stereocenters. The first-order chi connectivity index (χ1) is 23.7. The first kappa shape index (κ1) is 31.1. The Bertz CT molecular complexity index is 2480.